The van der Waals surface area contributed by atoms with E-state index in [1.807, 2.05) is 51.1 Å². The van der Waals surface area contributed by atoms with Crippen molar-refractivity contribution in [3.05, 3.63) is 64.7 Å². The zero-order chi connectivity index (χ0) is 18.0. The Bertz CT molecular complexity index is 1010. The van der Waals surface area contributed by atoms with E-state index in [2.05, 4.69) is 5.32 Å². The summed E-state index contributed by atoms with van der Waals surface area (Å²) in [6.45, 7) is 6.32. The van der Waals surface area contributed by atoms with Gasteiger partial charge in [-0.3, -0.25) is 10.2 Å². The number of amides is 1. The summed E-state index contributed by atoms with van der Waals surface area (Å²) in [5.74, 6) is 0.196. The fourth-order valence-electron chi connectivity index (χ4n) is 2.65. The molecule has 5 nitrogen and oxygen atoms in total. The highest BCUT2D eigenvalue weighted by Gasteiger charge is 2.15. The van der Waals surface area contributed by atoms with Crippen molar-refractivity contribution in [3.8, 4) is 5.75 Å². The van der Waals surface area contributed by atoms with Crippen LogP contribution >= 0.6 is 0 Å². The molecule has 0 aliphatic carbocycles. The molecule has 0 aliphatic rings. The fraction of sp³-hybridized carbons (Fsp3) is 0.200. The summed E-state index contributed by atoms with van der Waals surface area (Å²) < 4.78 is 11.1. The molecule has 0 bridgehead atoms. The summed E-state index contributed by atoms with van der Waals surface area (Å²) in [4.78, 5) is 12.6. The van der Waals surface area contributed by atoms with E-state index in [1.165, 1.54) is 0 Å². The maximum absolute atomic E-state index is 12.6. The van der Waals surface area contributed by atoms with Crippen LogP contribution in [0.2, 0.25) is 0 Å². The first-order valence-electron chi connectivity index (χ1n) is 8.13. The van der Waals surface area contributed by atoms with Gasteiger partial charge in [0.15, 0.2) is 11.3 Å². The Morgan fingerprint density at radius 3 is 2.72 bits per heavy atom. The molecule has 25 heavy (non-hydrogen) atoms. The highest BCUT2D eigenvalue weighted by Crippen LogP contribution is 2.25. The first-order valence-corrected chi connectivity index (χ1v) is 8.13. The van der Waals surface area contributed by atoms with E-state index in [-0.39, 0.29) is 17.0 Å². The number of ether oxygens (including phenoxy) is 1. The summed E-state index contributed by atoms with van der Waals surface area (Å²) in [6, 6.07) is 12.8. The number of benzene rings is 2. The number of aryl methyl sites for hydroxylation is 1. The molecule has 128 valence electrons. The van der Waals surface area contributed by atoms with Crippen molar-refractivity contribution >= 4 is 22.6 Å². The van der Waals surface area contributed by atoms with E-state index >= 15 is 0 Å². The number of carbonyl (C=O) groups is 1. The minimum absolute atomic E-state index is 0.182. The second kappa shape index (κ2) is 6.81. The first kappa shape index (κ1) is 16.8. The zero-order valence-electron chi connectivity index (χ0n) is 14.5. The second-order valence-electron chi connectivity index (χ2n) is 5.80. The van der Waals surface area contributed by atoms with Gasteiger partial charge in [-0.1, -0.05) is 24.3 Å². The molecular formula is C20H20N2O3. The van der Waals surface area contributed by atoms with Crippen LogP contribution in [0.25, 0.3) is 11.0 Å². The molecular weight excluding hydrogens is 316 g/mol. The lowest BCUT2D eigenvalue weighted by Crippen LogP contribution is -2.21. The summed E-state index contributed by atoms with van der Waals surface area (Å²) in [6.07, 6.45) is 0. The minimum Gasteiger partial charge on any atom is -0.490 e. The molecule has 0 radical (unpaired) electrons. The lowest BCUT2D eigenvalue weighted by Gasteiger charge is -2.11. The molecule has 2 aromatic carbocycles. The van der Waals surface area contributed by atoms with Crippen LogP contribution in [-0.2, 0) is 0 Å². The fourth-order valence-corrected chi connectivity index (χ4v) is 2.65. The summed E-state index contributed by atoms with van der Waals surface area (Å²) in [7, 11) is 0. The van der Waals surface area contributed by atoms with Gasteiger partial charge in [0.1, 0.15) is 5.56 Å². The molecule has 2 N–H and O–H groups in total. The number of nitrogens with one attached hydrogen (secondary N) is 2. The van der Waals surface area contributed by atoms with Gasteiger partial charge in [0, 0.05) is 11.1 Å². The van der Waals surface area contributed by atoms with Gasteiger partial charge >= 0.3 is 0 Å². The van der Waals surface area contributed by atoms with E-state index in [0.29, 0.717) is 23.3 Å². The average Bonchev–Trinajstić information content (AvgIpc) is 2.59. The quantitative estimate of drug-likeness (QED) is 0.750. The van der Waals surface area contributed by atoms with Gasteiger partial charge in [-0.15, -0.1) is 0 Å². The first-order chi connectivity index (χ1) is 12.0. The molecule has 0 spiro atoms. The van der Waals surface area contributed by atoms with Crippen molar-refractivity contribution in [3.63, 3.8) is 0 Å². The van der Waals surface area contributed by atoms with Crippen molar-refractivity contribution in [2.75, 3.05) is 11.9 Å². The maximum Gasteiger partial charge on any atom is 0.261 e. The van der Waals surface area contributed by atoms with Crippen LogP contribution in [0.15, 0.2) is 46.9 Å². The molecule has 0 aliphatic heterocycles. The summed E-state index contributed by atoms with van der Waals surface area (Å²) in [5.41, 5.74) is 3.28. The Morgan fingerprint density at radius 2 is 1.96 bits per heavy atom. The number of carbonyl (C=O) groups excluding carboxylic acids is 1. The Hall–Kier alpha value is -3.08. The molecule has 0 fully saturated rings. The molecule has 5 heteroatoms. The lowest BCUT2D eigenvalue weighted by molar-refractivity contribution is 0.102. The van der Waals surface area contributed by atoms with Crippen LogP contribution in [0.5, 0.6) is 5.75 Å². The second-order valence-corrected chi connectivity index (χ2v) is 5.80. The smallest absolute Gasteiger partial charge is 0.261 e. The average molecular weight is 336 g/mol. The van der Waals surface area contributed by atoms with Crippen LogP contribution in [0.1, 0.15) is 28.4 Å². The van der Waals surface area contributed by atoms with E-state index in [1.54, 1.807) is 12.1 Å². The highest BCUT2D eigenvalue weighted by molar-refractivity contribution is 6.06. The van der Waals surface area contributed by atoms with Gasteiger partial charge in [0.05, 0.1) is 6.61 Å². The SMILES string of the molecule is CCOc1cccc2cc(C(=O)Nc3cccc(C)c3C)c(=N)oc12. The van der Waals surface area contributed by atoms with Crippen LogP contribution in [0, 0.1) is 19.3 Å². The van der Waals surface area contributed by atoms with Crippen molar-refractivity contribution in [2.45, 2.75) is 20.8 Å². The molecule has 3 aromatic rings. The topological polar surface area (TPSA) is 75.3 Å². The Morgan fingerprint density at radius 1 is 1.20 bits per heavy atom. The van der Waals surface area contributed by atoms with Gasteiger partial charge in [0.2, 0.25) is 5.55 Å². The normalized spacial score (nSPS) is 10.7. The lowest BCUT2D eigenvalue weighted by atomic mass is 10.1. The molecule has 1 aromatic heterocycles. The number of anilines is 1. The number of fused-ring (bicyclic) bond motifs is 1. The maximum atomic E-state index is 12.6. The number of hydrogen-bond acceptors (Lipinski definition) is 4. The molecule has 0 saturated carbocycles. The number of hydrogen-bond donors (Lipinski definition) is 2. The Labute approximate surface area is 145 Å². The molecule has 0 saturated heterocycles. The molecule has 0 unspecified atom stereocenters. The van der Waals surface area contributed by atoms with E-state index in [4.69, 9.17) is 14.6 Å². The van der Waals surface area contributed by atoms with Crippen LogP contribution < -0.4 is 15.6 Å². The van der Waals surface area contributed by atoms with E-state index < -0.39 is 0 Å². The minimum atomic E-state index is -0.369. The van der Waals surface area contributed by atoms with E-state index in [0.717, 1.165) is 16.8 Å². The van der Waals surface area contributed by atoms with Crippen molar-refractivity contribution in [1.82, 2.24) is 0 Å². The predicted octanol–water partition coefficient (Wildman–Crippen LogP) is 4.18. The van der Waals surface area contributed by atoms with Gasteiger partial charge in [0.25, 0.3) is 5.91 Å². The van der Waals surface area contributed by atoms with Crippen LogP contribution in [-0.4, -0.2) is 12.5 Å². The third kappa shape index (κ3) is 3.26. The summed E-state index contributed by atoms with van der Waals surface area (Å²) >= 11 is 0. The monoisotopic (exact) mass is 336 g/mol. The number of para-hydroxylation sites is 1. The molecule has 1 heterocycles. The zero-order valence-corrected chi connectivity index (χ0v) is 14.5. The molecule has 1 amide bonds. The third-order valence-corrected chi connectivity index (χ3v) is 4.16. The third-order valence-electron chi connectivity index (χ3n) is 4.16. The van der Waals surface area contributed by atoms with Gasteiger partial charge in [-0.05, 0) is 50.1 Å². The predicted molar refractivity (Wildman–Crippen MR) is 97.1 cm³/mol. The molecule has 3 rings (SSSR count). The Balaban J connectivity index is 2.01. The highest BCUT2D eigenvalue weighted by atomic mass is 16.5. The Kier molecular flexibility index (Phi) is 4.57. The van der Waals surface area contributed by atoms with Crippen LogP contribution in [0.4, 0.5) is 5.69 Å². The van der Waals surface area contributed by atoms with Crippen molar-refractivity contribution < 1.29 is 13.9 Å². The molecule has 0 atom stereocenters. The van der Waals surface area contributed by atoms with E-state index in [9.17, 15) is 4.79 Å². The number of rotatable bonds is 4. The van der Waals surface area contributed by atoms with Crippen LogP contribution in [0.3, 0.4) is 0 Å². The largest absolute Gasteiger partial charge is 0.490 e. The standard InChI is InChI=1S/C20H20N2O3/c1-4-24-17-10-6-8-14-11-15(19(21)25-18(14)17)20(23)22-16-9-5-7-12(2)13(16)3/h5-11,21H,4H2,1-3H3,(H,22,23). The van der Waals surface area contributed by atoms with Gasteiger partial charge < -0.3 is 14.5 Å². The van der Waals surface area contributed by atoms with Crippen molar-refractivity contribution in [2.24, 2.45) is 0 Å². The van der Waals surface area contributed by atoms with Crippen molar-refractivity contribution in [1.29, 1.82) is 5.41 Å². The van der Waals surface area contributed by atoms with Gasteiger partial charge in [-0.2, -0.15) is 0 Å². The summed E-state index contributed by atoms with van der Waals surface area (Å²) in [5, 5.41) is 11.7. The van der Waals surface area contributed by atoms with Gasteiger partial charge in [-0.25, -0.2) is 0 Å².